The molecule has 1 amide bonds. The number of carbonyl (C=O) groups is 2. The second kappa shape index (κ2) is 10.3. The molecule has 5 nitrogen and oxygen atoms in total. The number of unbranched alkanes of at least 4 members (excludes halogenated alkanes) is 2. The number of fused-ring (bicyclic) bond motifs is 1. The molecule has 0 unspecified atom stereocenters. The smallest absolute Gasteiger partial charge is 0.407 e. The Kier molecular flexibility index (Phi) is 8.09. The molecule has 5 heteroatoms. The normalized spacial score (nSPS) is 13.6. The van der Waals surface area contributed by atoms with E-state index in [9.17, 15) is 9.59 Å². The summed E-state index contributed by atoms with van der Waals surface area (Å²) in [7, 11) is 0. The maximum absolute atomic E-state index is 12.1. The summed E-state index contributed by atoms with van der Waals surface area (Å²) in [5.74, 6) is 1.09. The van der Waals surface area contributed by atoms with Crippen LogP contribution >= 0.6 is 0 Å². The maximum atomic E-state index is 12.1. The Bertz CT molecular complexity index is 703. The number of allylic oxidation sites excluding steroid dienone is 1. The van der Waals surface area contributed by atoms with Gasteiger partial charge in [0.2, 0.25) is 0 Å². The quantitative estimate of drug-likeness (QED) is 0.478. The first kappa shape index (κ1) is 22.0. The van der Waals surface area contributed by atoms with Crippen molar-refractivity contribution in [1.82, 2.24) is 5.32 Å². The minimum absolute atomic E-state index is 0.232. The summed E-state index contributed by atoms with van der Waals surface area (Å²) in [5.41, 5.74) is 2.62. The van der Waals surface area contributed by atoms with Crippen LogP contribution in [0.5, 0.6) is 5.75 Å². The molecule has 1 aromatic carbocycles. The fourth-order valence-corrected chi connectivity index (χ4v) is 3.37. The third kappa shape index (κ3) is 6.70. The number of hydrogen-bond acceptors (Lipinski definition) is 4. The summed E-state index contributed by atoms with van der Waals surface area (Å²) < 4.78 is 11.2. The van der Waals surface area contributed by atoms with Crippen LogP contribution in [0, 0.1) is 0 Å². The lowest BCUT2D eigenvalue weighted by Crippen LogP contribution is -2.33. The molecule has 0 radical (unpaired) electrons. The van der Waals surface area contributed by atoms with Gasteiger partial charge in [-0.2, -0.15) is 0 Å². The van der Waals surface area contributed by atoms with Crippen molar-refractivity contribution in [3.05, 3.63) is 41.5 Å². The summed E-state index contributed by atoms with van der Waals surface area (Å²) in [6, 6.07) is 3.83. The predicted octanol–water partition coefficient (Wildman–Crippen LogP) is 5.01. The number of ether oxygens (including phenoxy) is 2. The molecule has 1 aliphatic rings. The van der Waals surface area contributed by atoms with Gasteiger partial charge in [0.15, 0.2) is 5.78 Å². The first-order valence-electron chi connectivity index (χ1n) is 10.2. The molecule has 154 valence electrons. The predicted molar refractivity (Wildman–Crippen MR) is 111 cm³/mol. The largest absolute Gasteiger partial charge is 0.493 e. The van der Waals surface area contributed by atoms with Crippen molar-refractivity contribution < 1.29 is 19.1 Å². The molecule has 0 saturated carbocycles. The van der Waals surface area contributed by atoms with Crippen LogP contribution in [0.2, 0.25) is 0 Å². The molecule has 0 aliphatic heterocycles. The summed E-state index contributed by atoms with van der Waals surface area (Å²) >= 11 is 0. The highest BCUT2D eigenvalue weighted by Gasteiger charge is 2.22. The molecule has 0 atom stereocenters. The van der Waals surface area contributed by atoms with E-state index in [1.54, 1.807) is 0 Å². The van der Waals surface area contributed by atoms with Crippen molar-refractivity contribution in [2.75, 3.05) is 13.2 Å². The molecule has 1 aromatic rings. The van der Waals surface area contributed by atoms with Crippen LogP contribution in [-0.4, -0.2) is 30.6 Å². The van der Waals surface area contributed by atoms with E-state index < -0.39 is 5.60 Å². The highest BCUT2D eigenvalue weighted by molar-refractivity contribution is 5.99. The molecule has 1 aliphatic carbocycles. The van der Waals surface area contributed by atoms with Gasteiger partial charge in [0.1, 0.15) is 11.4 Å². The molecule has 0 saturated heterocycles. The molecule has 0 spiro atoms. The van der Waals surface area contributed by atoms with Gasteiger partial charge in [0, 0.05) is 24.1 Å². The number of alkyl carbamates (subject to hydrolysis) is 1. The second-order valence-corrected chi connectivity index (χ2v) is 8.18. The van der Waals surface area contributed by atoms with E-state index in [0.29, 0.717) is 26.0 Å². The Morgan fingerprint density at radius 1 is 1.21 bits per heavy atom. The van der Waals surface area contributed by atoms with Crippen molar-refractivity contribution in [3.63, 3.8) is 0 Å². The van der Waals surface area contributed by atoms with Gasteiger partial charge in [0.25, 0.3) is 0 Å². The lowest BCUT2D eigenvalue weighted by Gasteiger charge is -2.21. The monoisotopic (exact) mass is 387 g/mol. The highest BCUT2D eigenvalue weighted by atomic mass is 16.6. The van der Waals surface area contributed by atoms with E-state index in [4.69, 9.17) is 9.47 Å². The Hall–Kier alpha value is -2.30. The fraction of sp³-hybridized carbons (Fsp3) is 0.565. The third-order valence-corrected chi connectivity index (χ3v) is 4.61. The van der Waals surface area contributed by atoms with Gasteiger partial charge in [-0.05, 0) is 77.0 Å². The Balaban J connectivity index is 1.76. The molecule has 2 rings (SSSR count). The van der Waals surface area contributed by atoms with Crippen molar-refractivity contribution >= 4 is 11.9 Å². The van der Waals surface area contributed by atoms with Crippen LogP contribution < -0.4 is 10.1 Å². The SMILES string of the molecule is C=CCc1c(OCCCCCNC(=O)OC(C)(C)C)ccc2c1CCCC2=O. The average molecular weight is 388 g/mol. The number of rotatable bonds is 9. The average Bonchev–Trinajstić information content (AvgIpc) is 2.61. The minimum atomic E-state index is -0.472. The minimum Gasteiger partial charge on any atom is -0.493 e. The van der Waals surface area contributed by atoms with Gasteiger partial charge in [-0.25, -0.2) is 4.79 Å². The van der Waals surface area contributed by atoms with Crippen molar-refractivity contribution in [2.24, 2.45) is 0 Å². The zero-order valence-electron chi connectivity index (χ0n) is 17.4. The van der Waals surface area contributed by atoms with E-state index >= 15 is 0 Å². The van der Waals surface area contributed by atoms with E-state index in [1.807, 2.05) is 39.0 Å². The molecule has 0 fully saturated rings. The number of nitrogens with one attached hydrogen (secondary N) is 1. The van der Waals surface area contributed by atoms with Gasteiger partial charge in [-0.15, -0.1) is 6.58 Å². The lowest BCUT2D eigenvalue weighted by molar-refractivity contribution is 0.0526. The number of ketones is 1. The Labute approximate surface area is 168 Å². The number of hydrogen-bond donors (Lipinski definition) is 1. The van der Waals surface area contributed by atoms with Gasteiger partial charge in [-0.1, -0.05) is 6.08 Å². The summed E-state index contributed by atoms with van der Waals surface area (Å²) in [6.07, 6.45) is 7.41. The lowest BCUT2D eigenvalue weighted by atomic mass is 9.86. The first-order chi connectivity index (χ1) is 13.3. The highest BCUT2D eigenvalue weighted by Crippen LogP contribution is 2.32. The fourth-order valence-electron chi connectivity index (χ4n) is 3.37. The number of carbonyl (C=O) groups excluding carboxylic acids is 2. The summed E-state index contributed by atoms with van der Waals surface area (Å²) in [6.45, 7) is 10.6. The molecule has 0 heterocycles. The van der Waals surface area contributed by atoms with E-state index in [0.717, 1.165) is 54.5 Å². The Morgan fingerprint density at radius 3 is 2.71 bits per heavy atom. The molecule has 28 heavy (non-hydrogen) atoms. The topological polar surface area (TPSA) is 64.6 Å². The summed E-state index contributed by atoms with van der Waals surface area (Å²) in [4.78, 5) is 23.7. The van der Waals surface area contributed by atoms with E-state index in [2.05, 4.69) is 11.9 Å². The number of Topliss-reactive ketones (excluding diaryl/α,β-unsaturated/α-hetero) is 1. The Morgan fingerprint density at radius 2 is 2.00 bits per heavy atom. The first-order valence-corrected chi connectivity index (χ1v) is 10.2. The molecule has 0 bridgehead atoms. The maximum Gasteiger partial charge on any atom is 0.407 e. The summed E-state index contributed by atoms with van der Waals surface area (Å²) in [5, 5.41) is 2.77. The molecular weight excluding hydrogens is 354 g/mol. The van der Waals surface area contributed by atoms with Crippen LogP contribution in [0.1, 0.15) is 74.4 Å². The van der Waals surface area contributed by atoms with Crippen LogP contribution in [-0.2, 0) is 17.6 Å². The van der Waals surface area contributed by atoms with Crippen molar-refractivity contribution in [3.8, 4) is 5.75 Å². The van der Waals surface area contributed by atoms with Gasteiger partial charge in [-0.3, -0.25) is 4.79 Å². The number of amides is 1. The third-order valence-electron chi connectivity index (χ3n) is 4.61. The second-order valence-electron chi connectivity index (χ2n) is 8.18. The van der Waals surface area contributed by atoms with Crippen LogP contribution in [0.25, 0.3) is 0 Å². The zero-order chi connectivity index (χ0) is 20.6. The van der Waals surface area contributed by atoms with E-state index in [1.165, 1.54) is 0 Å². The van der Waals surface area contributed by atoms with Crippen molar-refractivity contribution in [2.45, 2.75) is 71.3 Å². The van der Waals surface area contributed by atoms with Crippen LogP contribution in [0.4, 0.5) is 4.79 Å². The van der Waals surface area contributed by atoms with Crippen LogP contribution in [0.3, 0.4) is 0 Å². The van der Waals surface area contributed by atoms with Crippen molar-refractivity contribution in [1.29, 1.82) is 0 Å². The zero-order valence-corrected chi connectivity index (χ0v) is 17.4. The van der Waals surface area contributed by atoms with Gasteiger partial charge in [0.05, 0.1) is 6.61 Å². The van der Waals surface area contributed by atoms with Gasteiger partial charge >= 0.3 is 6.09 Å². The van der Waals surface area contributed by atoms with Crippen LogP contribution in [0.15, 0.2) is 24.8 Å². The standard InChI is InChI=1S/C23H33NO4/c1-5-10-19-17-11-9-12-20(25)18(17)13-14-21(19)27-16-8-6-7-15-24-22(26)28-23(2,3)4/h5,13-14H,1,6-12,15-16H2,2-4H3,(H,24,26). The van der Waals surface area contributed by atoms with E-state index in [-0.39, 0.29) is 11.9 Å². The molecular formula is C23H33NO4. The van der Waals surface area contributed by atoms with Gasteiger partial charge < -0.3 is 14.8 Å². The molecule has 0 aromatic heterocycles. The number of benzene rings is 1. The molecule has 1 N–H and O–H groups in total.